The molecule has 0 spiro atoms. The lowest BCUT2D eigenvalue weighted by Gasteiger charge is -2.01. The summed E-state index contributed by atoms with van der Waals surface area (Å²) < 4.78 is 14.1. The van der Waals surface area contributed by atoms with Crippen LogP contribution in [0.15, 0.2) is 41.3 Å². The third-order valence-electron chi connectivity index (χ3n) is 2.07. The van der Waals surface area contributed by atoms with Crippen molar-refractivity contribution in [2.75, 3.05) is 11.1 Å². The molecule has 7 heteroatoms. The van der Waals surface area contributed by atoms with E-state index in [0.717, 1.165) is 10.1 Å². The lowest BCUT2D eigenvalue weighted by molar-refractivity contribution is 0.102. The van der Waals surface area contributed by atoms with Gasteiger partial charge >= 0.3 is 0 Å². The highest BCUT2D eigenvalue weighted by molar-refractivity contribution is 8.01. The van der Waals surface area contributed by atoms with Crippen LogP contribution < -0.4 is 5.32 Å². The summed E-state index contributed by atoms with van der Waals surface area (Å²) in [5.41, 5.74) is -0.0157. The Labute approximate surface area is 117 Å². The van der Waals surface area contributed by atoms with E-state index in [9.17, 15) is 9.18 Å². The minimum atomic E-state index is -0.564. The molecule has 0 saturated heterocycles. The Hall–Kier alpha value is -1.73. The molecule has 4 nitrogen and oxygen atoms in total. The second-order valence-corrected chi connectivity index (χ2v) is 5.65. The van der Waals surface area contributed by atoms with Gasteiger partial charge in [-0.25, -0.2) is 4.39 Å². The minimum Gasteiger partial charge on any atom is -0.296 e. The Morgan fingerprint density at radius 3 is 3.00 bits per heavy atom. The van der Waals surface area contributed by atoms with Crippen molar-refractivity contribution in [3.05, 3.63) is 48.3 Å². The van der Waals surface area contributed by atoms with Crippen molar-refractivity contribution >= 4 is 34.1 Å². The molecule has 0 atom stereocenters. The van der Waals surface area contributed by atoms with E-state index in [1.54, 1.807) is 12.1 Å². The molecule has 0 unspecified atom stereocenters. The Morgan fingerprint density at radius 1 is 1.47 bits per heavy atom. The molecule has 1 heterocycles. The number of nitrogens with one attached hydrogen (secondary N) is 1. The number of hydrogen-bond donors (Lipinski definition) is 1. The van der Waals surface area contributed by atoms with Gasteiger partial charge in [-0.05, 0) is 12.1 Å². The van der Waals surface area contributed by atoms with E-state index in [1.807, 2.05) is 0 Å². The Morgan fingerprint density at radius 2 is 2.26 bits per heavy atom. The summed E-state index contributed by atoms with van der Waals surface area (Å²) in [5.74, 6) is -0.379. The lowest BCUT2D eigenvalue weighted by Crippen LogP contribution is -2.13. The maximum absolute atomic E-state index is 13.4. The van der Waals surface area contributed by atoms with Crippen molar-refractivity contribution in [2.45, 2.75) is 4.34 Å². The Kier molecular flexibility index (Phi) is 4.64. The maximum Gasteiger partial charge on any atom is 0.260 e. The molecular formula is C12H10FN3OS2. The average Bonchev–Trinajstić information content (AvgIpc) is 2.84. The zero-order valence-corrected chi connectivity index (χ0v) is 11.4. The number of carbonyl (C=O) groups excluding carboxylic acids is 1. The van der Waals surface area contributed by atoms with Crippen LogP contribution in [0, 0.1) is 5.82 Å². The Balaban J connectivity index is 2.05. The molecule has 0 bridgehead atoms. The quantitative estimate of drug-likeness (QED) is 0.523. The molecule has 0 radical (unpaired) electrons. The second kappa shape index (κ2) is 6.44. The fourth-order valence-corrected chi connectivity index (χ4v) is 2.77. The number of amides is 1. The van der Waals surface area contributed by atoms with Crippen LogP contribution in [0.25, 0.3) is 0 Å². The summed E-state index contributed by atoms with van der Waals surface area (Å²) in [7, 11) is 0. The smallest absolute Gasteiger partial charge is 0.260 e. The van der Waals surface area contributed by atoms with Gasteiger partial charge in [0.1, 0.15) is 5.82 Å². The predicted octanol–water partition coefficient (Wildman–Crippen LogP) is 3.21. The van der Waals surface area contributed by atoms with Gasteiger partial charge in [0.2, 0.25) is 5.13 Å². The van der Waals surface area contributed by atoms with Crippen molar-refractivity contribution < 1.29 is 9.18 Å². The number of rotatable bonds is 5. The number of anilines is 1. The topological polar surface area (TPSA) is 54.9 Å². The summed E-state index contributed by atoms with van der Waals surface area (Å²) in [4.78, 5) is 11.8. The zero-order valence-electron chi connectivity index (χ0n) is 9.80. The zero-order chi connectivity index (χ0) is 13.7. The molecule has 2 rings (SSSR count). The van der Waals surface area contributed by atoms with Gasteiger partial charge in [0, 0.05) is 5.75 Å². The van der Waals surface area contributed by atoms with Gasteiger partial charge in [0.15, 0.2) is 4.34 Å². The van der Waals surface area contributed by atoms with E-state index < -0.39 is 11.7 Å². The summed E-state index contributed by atoms with van der Waals surface area (Å²) in [6.45, 7) is 3.60. The third-order valence-corrected chi connectivity index (χ3v) is 4.04. The second-order valence-electron chi connectivity index (χ2n) is 3.41. The van der Waals surface area contributed by atoms with Gasteiger partial charge in [-0.15, -0.1) is 16.8 Å². The monoisotopic (exact) mass is 295 g/mol. The van der Waals surface area contributed by atoms with E-state index >= 15 is 0 Å². The van der Waals surface area contributed by atoms with E-state index in [1.165, 1.54) is 41.3 Å². The molecular weight excluding hydrogens is 285 g/mol. The van der Waals surface area contributed by atoms with Gasteiger partial charge in [-0.1, -0.05) is 41.3 Å². The molecule has 1 N–H and O–H groups in total. The SMILES string of the molecule is C=CCSc1nnc(NC(=O)c2ccccc2F)s1. The summed E-state index contributed by atoms with van der Waals surface area (Å²) in [5, 5.41) is 10.6. The van der Waals surface area contributed by atoms with Crippen LogP contribution in [0.2, 0.25) is 0 Å². The van der Waals surface area contributed by atoms with Crippen LogP contribution in [0.5, 0.6) is 0 Å². The first-order valence-electron chi connectivity index (χ1n) is 5.34. The highest BCUT2D eigenvalue weighted by Gasteiger charge is 2.13. The molecule has 1 aromatic carbocycles. The molecule has 19 heavy (non-hydrogen) atoms. The number of benzene rings is 1. The molecule has 0 aliphatic carbocycles. The fraction of sp³-hybridized carbons (Fsp3) is 0.0833. The van der Waals surface area contributed by atoms with Crippen LogP contribution in [0.1, 0.15) is 10.4 Å². The standard InChI is InChI=1S/C12H10FN3OS2/c1-2-7-18-12-16-15-11(19-12)14-10(17)8-5-3-4-6-9(8)13/h2-6H,1,7H2,(H,14,15,17). The molecule has 98 valence electrons. The molecule has 1 aromatic heterocycles. The number of thioether (sulfide) groups is 1. The third kappa shape index (κ3) is 3.62. The van der Waals surface area contributed by atoms with Crippen molar-refractivity contribution in [1.82, 2.24) is 10.2 Å². The van der Waals surface area contributed by atoms with Crippen LogP contribution in [-0.2, 0) is 0 Å². The van der Waals surface area contributed by atoms with Crippen molar-refractivity contribution in [2.24, 2.45) is 0 Å². The lowest BCUT2D eigenvalue weighted by atomic mass is 10.2. The largest absolute Gasteiger partial charge is 0.296 e. The number of nitrogens with zero attached hydrogens (tertiary/aromatic N) is 2. The molecule has 0 fully saturated rings. The van der Waals surface area contributed by atoms with Gasteiger partial charge in [0.25, 0.3) is 5.91 Å². The molecule has 1 amide bonds. The Bertz CT molecular complexity index is 600. The van der Waals surface area contributed by atoms with Crippen LogP contribution in [0.3, 0.4) is 0 Å². The first-order valence-corrected chi connectivity index (χ1v) is 7.14. The van der Waals surface area contributed by atoms with Gasteiger partial charge < -0.3 is 0 Å². The summed E-state index contributed by atoms with van der Waals surface area (Å²) in [6.07, 6.45) is 1.75. The minimum absolute atomic E-state index is 0.0157. The average molecular weight is 295 g/mol. The number of halogens is 1. The van der Waals surface area contributed by atoms with Gasteiger partial charge in [-0.3, -0.25) is 10.1 Å². The highest BCUT2D eigenvalue weighted by Crippen LogP contribution is 2.25. The first-order chi connectivity index (χ1) is 9.20. The normalized spacial score (nSPS) is 10.2. The van der Waals surface area contributed by atoms with Crippen molar-refractivity contribution in [3.8, 4) is 0 Å². The van der Waals surface area contributed by atoms with E-state index in [0.29, 0.717) is 5.13 Å². The van der Waals surface area contributed by atoms with Crippen molar-refractivity contribution in [3.63, 3.8) is 0 Å². The molecule has 0 aliphatic heterocycles. The van der Waals surface area contributed by atoms with Crippen molar-refractivity contribution in [1.29, 1.82) is 0 Å². The highest BCUT2D eigenvalue weighted by atomic mass is 32.2. The van der Waals surface area contributed by atoms with E-state index in [4.69, 9.17) is 0 Å². The maximum atomic E-state index is 13.4. The van der Waals surface area contributed by atoms with Gasteiger partial charge in [-0.2, -0.15) is 0 Å². The van der Waals surface area contributed by atoms with Crippen LogP contribution in [-0.4, -0.2) is 21.9 Å². The van der Waals surface area contributed by atoms with E-state index in [-0.39, 0.29) is 5.56 Å². The predicted molar refractivity (Wildman–Crippen MR) is 75.2 cm³/mol. The summed E-state index contributed by atoms with van der Waals surface area (Å²) >= 11 is 2.71. The van der Waals surface area contributed by atoms with Crippen LogP contribution >= 0.6 is 23.1 Å². The molecule has 0 aliphatic rings. The summed E-state index contributed by atoms with van der Waals surface area (Å²) in [6, 6.07) is 5.78. The fourth-order valence-electron chi connectivity index (χ4n) is 1.26. The van der Waals surface area contributed by atoms with Gasteiger partial charge in [0.05, 0.1) is 5.56 Å². The molecule has 2 aromatic rings. The van der Waals surface area contributed by atoms with E-state index in [2.05, 4.69) is 22.1 Å². The number of aromatic nitrogens is 2. The number of hydrogen-bond acceptors (Lipinski definition) is 5. The first kappa shape index (κ1) is 13.7. The van der Waals surface area contributed by atoms with Crippen LogP contribution in [0.4, 0.5) is 9.52 Å². The number of carbonyl (C=O) groups is 1. The molecule has 0 saturated carbocycles.